The van der Waals surface area contributed by atoms with Crippen LogP contribution in [0.15, 0.2) is 18.6 Å². The molecular weight excluding hydrogens is 504 g/mol. The molecular formula is C24H34N12O3. The molecule has 1 aliphatic rings. The first-order valence-electron chi connectivity index (χ1n) is 12.4. The maximum absolute atomic E-state index is 11.6. The Morgan fingerprint density at radius 3 is 2.54 bits per heavy atom. The van der Waals surface area contributed by atoms with Crippen LogP contribution < -0.4 is 20.6 Å². The van der Waals surface area contributed by atoms with Gasteiger partial charge in [-0.3, -0.25) is 10.0 Å². The fourth-order valence-corrected chi connectivity index (χ4v) is 3.98. The van der Waals surface area contributed by atoms with Crippen LogP contribution in [-0.4, -0.2) is 112 Å². The van der Waals surface area contributed by atoms with Crippen molar-refractivity contribution in [3.05, 3.63) is 35.8 Å². The molecule has 1 aliphatic heterocycles. The number of ether oxygens (including phenoxy) is 1. The molecule has 0 aromatic carbocycles. The highest BCUT2D eigenvalue weighted by molar-refractivity contribution is 6.07. The van der Waals surface area contributed by atoms with Crippen molar-refractivity contribution in [3.8, 4) is 0 Å². The first-order valence-corrected chi connectivity index (χ1v) is 12.4. The first-order chi connectivity index (χ1) is 18.8. The second-order valence-corrected chi connectivity index (χ2v) is 9.30. The van der Waals surface area contributed by atoms with E-state index >= 15 is 0 Å². The maximum atomic E-state index is 11.6. The van der Waals surface area contributed by atoms with E-state index in [0.717, 1.165) is 13.1 Å². The molecule has 3 aromatic rings. The quantitative estimate of drug-likeness (QED) is 0.111. The lowest BCUT2D eigenvalue weighted by Gasteiger charge is -2.28. The lowest BCUT2D eigenvalue weighted by molar-refractivity contribution is 0.0705. The standard InChI is InChI=1S/C24H34N12O3/c1-33(2)6-5-26-12-16(11-25)20-30-21-19(22(31-20)36-7-9-39-10-8-36)29-18(35(21)4)15-34(3)24-27-13-17(14-28-24)23(37)32-38/h11-14,25-26,38H,5-10,15H2,1-4H3,(H,32,37)/b16-12+,25-11?. The number of imidazole rings is 1. The monoisotopic (exact) mass is 538 g/mol. The Morgan fingerprint density at radius 1 is 1.18 bits per heavy atom. The second kappa shape index (κ2) is 12.6. The third kappa shape index (κ3) is 6.45. The van der Waals surface area contributed by atoms with Gasteiger partial charge in [-0.1, -0.05) is 0 Å². The zero-order valence-electron chi connectivity index (χ0n) is 22.5. The van der Waals surface area contributed by atoms with Crippen LogP contribution in [0.5, 0.6) is 0 Å². The van der Waals surface area contributed by atoms with Crippen molar-refractivity contribution in [3.63, 3.8) is 0 Å². The third-order valence-corrected chi connectivity index (χ3v) is 6.20. The zero-order chi connectivity index (χ0) is 27.9. The van der Waals surface area contributed by atoms with Gasteiger partial charge in [0.25, 0.3) is 5.91 Å². The van der Waals surface area contributed by atoms with Crippen LogP contribution in [0.4, 0.5) is 11.8 Å². The van der Waals surface area contributed by atoms with Gasteiger partial charge in [0.2, 0.25) is 5.95 Å². The number of likely N-dealkylation sites (N-methyl/N-ethyl adjacent to an activating group) is 1. The minimum atomic E-state index is -0.684. The number of anilines is 2. The van der Waals surface area contributed by atoms with Gasteiger partial charge in [0.15, 0.2) is 22.8 Å². The molecule has 15 heteroatoms. The number of amides is 1. The fourth-order valence-electron chi connectivity index (χ4n) is 3.98. The molecule has 1 saturated heterocycles. The summed E-state index contributed by atoms with van der Waals surface area (Å²) >= 11 is 0. The number of fused-ring (bicyclic) bond motifs is 1. The van der Waals surface area contributed by atoms with Gasteiger partial charge < -0.3 is 34.7 Å². The lowest BCUT2D eigenvalue weighted by Crippen LogP contribution is -2.37. The number of hydroxylamine groups is 1. The smallest absolute Gasteiger partial charge is 0.277 e. The van der Waals surface area contributed by atoms with Gasteiger partial charge >= 0.3 is 0 Å². The van der Waals surface area contributed by atoms with E-state index in [1.807, 2.05) is 32.8 Å². The minimum Gasteiger partial charge on any atom is -0.389 e. The van der Waals surface area contributed by atoms with Gasteiger partial charge in [-0.25, -0.2) is 30.4 Å². The molecule has 15 nitrogen and oxygen atoms in total. The van der Waals surface area contributed by atoms with Crippen molar-refractivity contribution in [2.75, 3.05) is 70.3 Å². The molecule has 0 spiro atoms. The summed E-state index contributed by atoms with van der Waals surface area (Å²) in [5.74, 6) is 1.53. The topological polar surface area (TPSA) is 174 Å². The van der Waals surface area contributed by atoms with Gasteiger partial charge in [0.05, 0.1) is 30.9 Å². The first kappa shape index (κ1) is 27.8. The summed E-state index contributed by atoms with van der Waals surface area (Å²) in [5.41, 5.74) is 3.57. The van der Waals surface area contributed by atoms with E-state index in [4.69, 9.17) is 30.3 Å². The summed E-state index contributed by atoms with van der Waals surface area (Å²) in [6.07, 6.45) is 5.69. The number of hydrogen-bond donors (Lipinski definition) is 4. The van der Waals surface area contributed by atoms with Gasteiger partial charge in [0.1, 0.15) is 5.82 Å². The van der Waals surface area contributed by atoms with E-state index in [2.05, 4.69) is 25.1 Å². The van der Waals surface area contributed by atoms with E-state index < -0.39 is 5.91 Å². The summed E-state index contributed by atoms with van der Waals surface area (Å²) in [4.78, 5) is 40.6. The van der Waals surface area contributed by atoms with E-state index in [0.29, 0.717) is 73.0 Å². The molecule has 1 fully saturated rings. The summed E-state index contributed by atoms with van der Waals surface area (Å²) in [5, 5.41) is 20.0. The summed E-state index contributed by atoms with van der Waals surface area (Å²) in [7, 11) is 7.71. The van der Waals surface area contributed by atoms with Crippen LogP contribution in [0, 0.1) is 5.41 Å². The Bertz CT molecular complexity index is 1330. The molecule has 0 aliphatic carbocycles. The number of nitrogens with one attached hydrogen (secondary N) is 3. The molecule has 4 heterocycles. The Balaban J connectivity index is 1.68. The Kier molecular flexibility index (Phi) is 8.96. The molecule has 0 bridgehead atoms. The Hall–Kier alpha value is -4.21. The van der Waals surface area contributed by atoms with Crippen molar-refractivity contribution in [1.82, 2.24) is 45.2 Å². The number of morpholine rings is 1. The minimum absolute atomic E-state index is 0.140. The predicted octanol–water partition coefficient (Wildman–Crippen LogP) is -0.113. The molecule has 208 valence electrons. The molecule has 3 aromatic heterocycles. The van der Waals surface area contributed by atoms with Crippen molar-refractivity contribution < 1.29 is 14.7 Å². The number of carbonyl (C=O) groups is 1. The highest BCUT2D eigenvalue weighted by Crippen LogP contribution is 2.27. The van der Waals surface area contributed by atoms with Crippen molar-refractivity contribution >= 4 is 40.6 Å². The van der Waals surface area contributed by atoms with Gasteiger partial charge in [-0.05, 0) is 14.1 Å². The predicted molar refractivity (Wildman–Crippen MR) is 146 cm³/mol. The largest absolute Gasteiger partial charge is 0.389 e. The number of nitrogens with zero attached hydrogens (tertiary/aromatic N) is 9. The van der Waals surface area contributed by atoms with E-state index in [1.165, 1.54) is 18.6 Å². The molecule has 0 unspecified atom stereocenters. The summed E-state index contributed by atoms with van der Waals surface area (Å²) < 4.78 is 7.44. The van der Waals surface area contributed by atoms with Crippen LogP contribution in [0.3, 0.4) is 0 Å². The molecule has 1 amide bonds. The van der Waals surface area contributed by atoms with E-state index in [-0.39, 0.29) is 5.56 Å². The molecule has 4 N–H and O–H groups in total. The Morgan fingerprint density at radius 2 is 1.90 bits per heavy atom. The maximum Gasteiger partial charge on any atom is 0.277 e. The third-order valence-electron chi connectivity index (χ3n) is 6.20. The Labute approximate surface area is 226 Å². The molecule has 39 heavy (non-hydrogen) atoms. The average Bonchev–Trinajstić information content (AvgIpc) is 3.27. The highest BCUT2D eigenvalue weighted by Gasteiger charge is 2.23. The summed E-state index contributed by atoms with van der Waals surface area (Å²) in [6.45, 7) is 4.44. The number of allylic oxidation sites excluding steroid dienone is 1. The normalized spacial score (nSPS) is 14.1. The molecule has 0 radical (unpaired) electrons. The SMILES string of the molecule is CN(C)CCN/C=C(\C=N)c1nc(N2CCOCC2)c2nc(CN(C)c3ncc(C(=O)NO)cn3)n(C)c2n1. The van der Waals surface area contributed by atoms with Crippen LogP contribution in [0.1, 0.15) is 22.0 Å². The van der Waals surface area contributed by atoms with Crippen molar-refractivity contribution in [2.24, 2.45) is 7.05 Å². The van der Waals surface area contributed by atoms with E-state index in [9.17, 15) is 4.79 Å². The number of rotatable bonds is 11. The molecule has 0 saturated carbocycles. The lowest BCUT2D eigenvalue weighted by atomic mass is 10.2. The summed E-state index contributed by atoms with van der Waals surface area (Å²) in [6, 6.07) is 0. The van der Waals surface area contributed by atoms with Gasteiger partial charge in [-0.2, -0.15) is 0 Å². The number of carbonyl (C=O) groups excluding carboxylic acids is 1. The van der Waals surface area contributed by atoms with Gasteiger partial charge in [-0.15, -0.1) is 0 Å². The number of hydrogen-bond acceptors (Lipinski definition) is 13. The van der Waals surface area contributed by atoms with Crippen molar-refractivity contribution in [2.45, 2.75) is 6.54 Å². The van der Waals surface area contributed by atoms with E-state index in [1.54, 1.807) is 16.6 Å². The fraction of sp³-hybridized carbons (Fsp3) is 0.458. The van der Waals surface area contributed by atoms with Crippen LogP contribution >= 0.6 is 0 Å². The highest BCUT2D eigenvalue weighted by atomic mass is 16.5. The van der Waals surface area contributed by atoms with Crippen LogP contribution in [0.2, 0.25) is 0 Å². The molecule has 4 rings (SSSR count). The van der Waals surface area contributed by atoms with Gasteiger partial charge in [0, 0.05) is 65.1 Å². The number of aromatic nitrogens is 6. The zero-order valence-corrected chi connectivity index (χ0v) is 22.5. The average molecular weight is 539 g/mol. The molecule has 0 atom stereocenters. The second-order valence-electron chi connectivity index (χ2n) is 9.30. The number of aryl methyl sites for hydroxylation is 1. The van der Waals surface area contributed by atoms with Crippen LogP contribution in [0.25, 0.3) is 16.7 Å². The van der Waals surface area contributed by atoms with Crippen LogP contribution in [-0.2, 0) is 18.3 Å². The van der Waals surface area contributed by atoms with Crippen molar-refractivity contribution in [1.29, 1.82) is 5.41 Å².